The molecule has 3 nitrogen and oxygen atoms in total. The Morgan fingerprint density at radius 3 is 2.09 bits per heavy atom. The van der Waals surface area contributed by atoms with Gasteiger partial charge >= 0.3 is 0 Å². The molecule has 0 saturated heterocycles. The molecule has 3 unspecified atom stereocenters. The van der Waals surface area contributed by atoms with E-state index < -0.39 is 0 Å². The van der Waals surface area contributed by atoms with Crippen molar-refractivity contribution in [3.8, 4) is 0 Å². The molecule has 0 rings (SSSR count). The van der Waals surface area contributed by atoms with E-state index in [1.165, 1.54) is 0 Å². The van der Waals surface area contributed by atoms with Crippen molar-refractivity contribution in [3.05, 3.63) is 0 Å². The first-order chi connectivity index (χ1) is 5.04. The number of nitrogens with one attached hydrogen (secondary N) is 1. The van der Waals surface area contributed by atoms with Crippen molar-refractivity contribution in [2.75, 3.05) is 6.54 Å². The molecule has 3 N–H and O–H groups in total. The summed E-state index contributed by atoms with van der Waals surface area (Å²) in [6, 6.07) is 0.105. The maximum absolute atomic E-state index is 9.06. The Labute approximate surface area is 68.4 Å². The van der Waals surface area contributed by atoms with Crippen LogP contribution in [0.25, 0.3) is 0 Å². The first-order valence-electron chi connectivity index (χ1n) is 4.13. The second kappa shape index (κ2) is 5.52. The van der Waals surface area contributed by atoms with Gasteiger partial charge < -0.3 is 15.5 Å². The van der Waals surface area contributed by atoms with Gasteiger partial charge in [-0.15, -0.1) is 0 Å². The lowest BCUT2D eigenvalue weighted by Crippen LogP contribution is -2.36. The number of hydrogen-bond acceptors (Lipinski definition) is 3. The van der Waals surface area contributed by atoms with E-state index >= 15 is 0 Å². The van der Waals surface area contributed by atoms with E-state index in [4.69, 9.17) is 10.2 Å². The second-order valence-corrected chi connectivity index (χ2v) is 3.12. The molecule has 0 aromatic carbocycles. The number of hydrogen-bond donors (Lipinski definition) is 3. The maximum Gasteiger partial charge on any atom is 0.0662 e. The van der Waals surface area contributed by atoms with Crippen molar-refractivity contribution < 1.29 is 10.2 Å². The number of rotatable bonds is 5. The summed E-state index contributed by atoms with van der Waals surface area (Å²) in [6.45, 7) is 6.19. The van der Waals surface area contributed by atoms with Gasteiger partial charge in [0.25, 0.3) is 0 Å². The predicted octanol–water partition coefficient (Wildman–Crippen LogP) is 0.116. The van der Waals surface area contributed by atoms with Gasteiger partial charge in [0.15, 0.2) is 0 Å². The lowest BCUT2D eigenvalue weighted by atomic mass is 10.2. The summed E-state index contributed by atoms with van der Waals surface area (Å²) in [5, 5.41) is 21.1. The maximum atomic E-state index is 9.06. The Morgan fingerprint density at radius 2 is 1.73 bits per heavy atom. The number of aliphatic hydroxyl groups is 2. The minimum absolute atomic E-state index is 0.105. The molecule has 0 heterocycles. The van der Waals surface area contributed by atoms with E-state index in [1.807, 2.05) is 6.92 Å². The Kier molecular flexibility index (Phi) is 5.46. The van der Waals surface area contributed by atoms with Crippen LogP contribution < -0.4 is 5.32 Å². The second-order valence-electron chi connectivity index (χ2n) is 3.12. The van der Waals surface area contributed by atoms with E-state index in [9.17, 15) is 0 Å². The SMILES string of the molecule is CC(O)CCNC(C)C(C)O. The van der Waals surface area contributed by atoms with Gasteiger partial charge in [-0.2, -0.15) is 0 Å². The summed E-state index contributed by atoms with van der Waals surface area (Å²) in [5.74, 6) is 0. The lowest BCUT2D eigenvalue weighted by molar-refractivity contribution is 0.143. The number of aliphatic hydroxyl groups excluding tert-OH is 2. The highest BCUT2D eigenvalue weighted by Gasteiger charge is 2.06. The van der Waals surface area contributed by atoms with Crippen molar-refractivity contribution in [2.24, 2.45) is 0 Å². The van der Waals surface area contributed by atoms with Crippen LogP contribution in [0.2, 0.25) is 0 Å². The third-order valence-electron chi connectivity index (χ3n) is 1.75. The van der Waals surface area contributed by atoms with Crippen LogP contribution in [0.15, 0.2) is 0 Å². The predicted molar refractivity (Wildman–Crippen MR) is 45.4 cm³/mol. The molecule has 0 fully saturated rings. The van der Waals surface area contributed by atoms with Crippen molar-refractivity contribution >= 4 is 0 Å². The molecular formula is C8H19NO2. The monoisotopic (exact) mass is 161 g/mol. The van der Waals surface area contributed by atoms with Gasteiger partial charge in [0.2, 0.25) is 0 Å². The van der Waals surface area contributed by atoms with E-state index in [-0.39, 0.29) is 18.2 Å². The summed E-state index contributed by atoms with van der Waals surface area (Å²) >= 11 is 0. The summed E-state index contributed by atoms with van der Waals surface area (Å²) in [5.41, 5.74) is 0. The minimum Gasteiger partial charge on any atom is -0.393 e. The van der Waals surface area contributed by atoms with Crippen molar-refractivity contribution in [2.45, 2.75) is 45.4 Å². The zero-order valence-electron chi connectivity index (χ0n) is 7.54. The van der Waals surface area contributed by atoms with Gasteiger partial charge in [-0.25, -0.2) is 0 Å². The lowest BCUT2D eigenvalue weighted by Gasteiger charge is -2.16. The van der Waals surface area contributed by atoms with Crippen LogP contribution in [0.1, 0.15) is 27.2 Å². The minimum atomic E-state index is -0.330. The summed E-state index contributed by atoms with van der Waals surface area (Å²) in [4.78, 5) is 0. The molecule has 0 aromatic rings. The van der Waals surface area contributed by atoms with Crippen LogP contribution in [0.5, 0.6) is 0 Å². The van der Waals surface area contributed by atoms with Gasteiger partial charge in [0, 0.05) is 6.04 Å². The Hall–Kier alpha value is -0.120. The standard InChI is InChI=1S/C8H19NO2/c1-6(10)4-5-9-7(2)8(3)11/h6-11H,4-5H2,1-3H3. The fraction of sp³-hybridized carbons (Fsp3) is 1.00. The molecule has 3 atom stereocenters. The highest BCUT2D eigenvalue weighted by molar-refractivity contribution is 4.66. The summed E-state index contributed by atoms with van der Waals surface area (Å²) in [6.07, 6.45) is 0.143. The quantitative estimate of drug-likeness (QED) is 0.536. The van der Waals surface area contributed by atoms with Crippen LogP contribution in [-0.4, -0.2) is 35.0 Å². The van der Waals surface area contributed by atoms with Crippen LogP contribution in [0, 0.1) is 0 Å². The summed E-state index contributed by atoms with van der Waals surface area (Å²) < 4.78 is 0. The normalized spacial score (nSPS) is 19.4. The van der Waals surface area contributed by atoms with Crippen LogP contribution in [-0.2, 0) is 0 Å². The zero-order chi connectivity index (χ0) is 8.85. The molecule has 11 heavy (non-hydrogen) atoms. The molecule has 0 aliphatic heterocycles. The van der Waals surface area contributed by atoms with Gasteiger partial charge in [0.1, 0.15) is 0 Å². The third-order valence-corrected chi connectivity index (χ3v) is 1.75. The van der Waals surface area contributed by atoms with E-state index in [2.05, 4.69) is 5.32 Å². The zero-order valence-corrected chi connectivity index (χ0v) is 7.54. The molecule has 0 bridgehead atoms. The van der Waals surface area contributed by atoms with E-state index in [0.29, 0.717) is 0 Å². The molecule has 0 aliphatic rings. The van der Waals surface area contributed by atoms with Gasteiger partial charge in [-0.1, -0.05) is 0 Å². The highest BCUT2D eigenvalue weighted by atomic mass is 16.3. The molecule has 3 heteroatoms. The molecular weight excluding hydrogens is 142 g/mol. The largest absolute Gasteiger partial charge is 0.393 e. The van der Waals surface area contributed by atoms with Crippen molar-refractivity contribution in [1.82, 2.24) is 5.32 Å². The topological polar surface area (TPSA) is 52.5 Å². The van der Waals surface area contributed by atoms with Crippen LogP contribution in [0.3, 0.4) is 0 Å². The van der Waals surface area contributed by atoms with Crippen molar-refractivity contribution in [1.29, 1.82) is 0 Å². The third kappa shape index (κ3) is 6.28. The van der Waals surface area contributed by atoms with Crippen molar-refractivity contribution in [3.63, 3.8) is 0 Å². The molecule has 0 amide bonds. The Bertz CT molecular complexity index is 94.1. The molecule has 68 valence electrons. The van der Waals surface area contributed by atoms with Gasteiger partial charge in [-0.3, -0.25) is 0 Å². The fourth-order valence-corrected chi connectivity index (χ4v) is 0.690. The average Bonchev–Trinajstić information content (AvgIpc) is 1.86. The van der Waals surface area contributed by atoms with Crippen LogP contribution in [0.4, 0.5) is 0 Å². The molecule has 0 aromatic heterocycles. The summed E-state index contributed by atoms with van der Waals surface area (Å²) in [7, 11) is 0. The molecule has 0 spiro atoms. The first kappa shape index (κ1) is 10.9. The average molecular weight is 161 g/mol. The van der Waals surface area contributed by atoms with E-state index in [0.717, 1.165) is 13.0 Å². The van der Waals surface area contributed by atoms with Gasteiger partial charge in [-0.05, 0) is 33.7 Å². The molecule has 0 radical (unpaired) electrons. The Balaban J connectivity index is 3.24. The smallest absolute Gasteiger partial charge is 0.0662 e. The fourth-order valence-electron chi connectivity index (χ4n) is 0.690. The van der Waals surface area contributed by atoms with Gasteiger partial charge in [0.05, 0.1) is 12.2 Å². The molecule has 0 saturated carbocycles. The first-order valence-corrected chi connectivity index (χ1v) is 4.13. The Morgan fingerprint density at radius 1 is 1.18 bits per heavy atom. The molecule has 0 aliphatic carbocycles. The van der Waals surface area contributed by atoms with E-state index in [1.54, 1.807) is 13.8 Å². The van der Waals surface area contributed by atoms with Crippen LogP contribution >= 0.6 is 0 Å². The highest BCUT2D eigenvalue weighted by Crippen LogP contribution is 1.92.